The van der Waals surface area contributed by atoms with Crippen LogP contribution in [0, 0.1) is 0 Å². The second-order valence-corrected chi connectivity index (χ2v) is 5.88. The number of nitrogens with zero attached hydrogens (tertiary/aromatic N) is 1. The number of phenols is 1. The summed E-state index contributed by atoms with van der Waals surface area (Å²) in [6, 6.07) is 11.8. The molecular weight excluding hydrogens is 330 g/mol. The number of phenolic OH excluding ortho intramolecular Hbond substituents is 1. The second-order valence-electron chi connectivity index (χ2n) is 5.03. The molecule has 2 aromatic rings. The number of fused-ring (bicyclic) bond motifs is 1. The van der Waals surface area contributed by atoms with E-state index >= 15 is 0 Å². The highest BCUT2D eigenvalue weighted by atomic mass is 79.9. The third kappa shape index (κ3) is 2.81. The zero-order valence-corrected chi connectivity index (χ0v) is 13.4. The lowest BCUT2D eigenvalue weighted by Crippen LogP contribution is -2.15. The van der Waals surface area contributed by atoms with E-state index in [1.54, 1.807) is 13.2 Å². The normalized spacial score (nSPS) is 13.5. The Labute approximate surface area is 132 Å². The summed E-state index contributed by atoms with van der Waals surface area (Å²) in [5.41, 5.74) is 4.41. The van der Waals surface area contributed by atoms with E-state index in [-0.39, 0.29) is 5.75 Å². The predicted octanol–water partition coefficient (Wildman–Crippen LogP) is 3.75. The van der Waals surface area contributed by atoms with Crippen molar-refractivity contribution in [3.63, 3.8) is 0 Å². The van der Waals surface area contributed by atoms with E-state index in [1.807, 2.05) is 24.3 Å². The number of ether oxygens (including phenoxy) is 1. The van der Waals surface area contributed by atoms with Crippen LogP contribution in [0.5, 0.6) is 11.5 Å². The van der Waals surface area contributed by atoms with Gasteiger partial charge in [0.2, 0.25) is 0 Å². The van der Waals surface area contributed by atoms with Gasteiger partial charge in [0.15, 0.2) is 11.5 Å². The average Bonchev–Trinajstić information content (AvgIpc) is 2.49. The van der Waals surface area contributed by atoms with E-state index in [2.05, 4.69) is 27.0 Å². The van der Waals surface area contributed by atoms with Crippen molar-refractivity contribution in [2.45, 2.75) is 12.8 Å². The number of halogens is 1. The Morgan fingerprint density at radius 3 is 2.86 bits per heavy atom. The van der Waals surface area contributed by atoms with Crippen molar-refractivity contribution in [2.24, 2.45) is 4.99 Å². The lowest BCUT2D eigenvalue weighted by atomic mass is 9.93. The van der Waals surface area contributed by atoms with Gasteiger partial charge in [-0.25, -0.2) is 0 Å². The molecular formula is C17H16BrNO2. The summed E-state index contributed by atoms with van der Waals surface area (Å²) in [6.45, 7) is 0.778. The Hall–Kier alpha value is -1.81. The highest BCUT2D eigenvalue weighted by molar-refractivity contribution is 9.10. The maximum Gasteiger partial charge on any atom is 0.160 e. The van der Waals surface area contributed by atoms with Gasteiger partial charge >= 0.3 is 0 Å². The maximum atomic E-state index is 10.0. The summed E-state index contributed by atoms with van der Waals surface area (Å²) in [4.78, 5) is 4.65. The molecule has 1 N–H and O–H groups in total. The van der Waals surface area contributed by atoms with Crippen molar-refractivity contribution >= 4 is 21.6 Å². The van der Waals surface area contributed by atoms with Gasteiger partial charge in [0.05, 0.1) is 7.11 Å². The second kappa shape index (κ2) is 5.90. The molecule has 2 aromatic carbocycles. The van der Waals surface area contributed by atoms with Gasteiger partial charge < -0.3 is 9.84 Å². The molecule has 1 aliphatic rings. The molecule has 0 aliphatic carbocycles. The van der Waals surface area contributed by atoms with Gasteiger partial charge in [0, 0.05) is 28.7 Å². The van der Waals surface area contributed by atoms with Crippen LogP contribution in [0.4, 0.5) is 0 Å². The molecule has 0 atom stereocenters. The van der Waals surface area contributed by atoms with Gasteiger partial charge in [-0.05, 0) is 35.7 Å². The molecule has 0 amide bonds. The quantitative estimate of drug-likeness (QED) is 0.920. The molecule has 21 heavy (non-hydrogen) atoms. The van der Waals surface area contributed by atoms with E-state index in [1.165, 1.54) is 11.1 Å². The van der Waals surface area contributed by atoms with Crippen molar-refractivity contribution in [3.05, 3.63) is 57.6 Å². The zero-order chi connectivity index (χ0) is 14.8. The number of methoxy groups -OCH3 is 1. The van der Waals surface area contributed by atoms with Crippen molar-refractivity contribution in [2.75, 3.05) is 13.7 Å². The molecule has 3 nitrogen and oxygen atoms in total. The molecule has 0 fully saturated rings. The fraction of sp³-hybridized carbons (Fsp3) is 0.235. The molecule has 0 saturated carbocycles. The standard InChI is InChI=1S/C17H16BrNO2/c1-21-17-9-11-6-7-19-15(13(11)10-16(17)20)8-12-4-2-3-5-14(12)18/h2-5,9-10,20H,6-8H2,1H3. The molecule has 0 aromatic heterocycles. The van der Waals surface area contributed by atoms with Crippen LogP contribution in [0.15, 0.2) is 45.9 Å². The summed E-state index contributed by atoms with van der Waals surface area (Å²) in [5.74, 6) is 0.689. The van der Waals surface area contributed by atoms with Crippen molar-refractivity contribution in [1.82, 2.24) is 0 Å². The summed E-state index contributed by atoms with van der Waals surface area (Å²) in [6.07, 6.45) is 1.63. The molecule has 0 spiro atoms. The molecule has 0 bridgehead atoms. The van der Waals surface area contributed by atoms with Gasteiger partial charge in [0.25, 0.3) is 0 Å². The maximum absolute atomic E-state index is 10.0. The number of benzene rings is 2. The van der Waals surface area contributed by atoms with E-state index in [4.69, 9.17) is 4.74 Å². The fourth-order valence-corrected chi connectivity index (χ4v) is 3.04. The number of aromatic hydroxyl groups is 1. The Balaban J connectivity index is 1.98. The number of hydrogen-bond donors (Lipinski definition) is 1. The first kappa shape index (κ1) is 14.1. The summed E-state index contributed by atoms with van der Waals surface area (Å²) >= 11 is 3.58. The lowest BCUT2D eigenvalue weighted by molar-refractivity contribution is 0.373. The Bertz CT molecular complexity index is 710. The summed E-state index contributed by atoms with van der Waals surface area (Å²) in [7, 11) is 1.57. The molecule has 0 saturated heterocycles. The molecule has 1 heterocycles. The topological polar surface area (TPSA) is 41.8 Å². The highest BCUT2D eigenvalue weighted by Crippen LogP contribution is 2.32. The van der Waals surface area contributed by atoms with Gasteiger partial charge in [-0.2, -0.15) is 0 Å². The van der Waals surface area contributed by atoms with Gasteiger partial charge in [0.1, 0.15) is 0 Å². The highest BCUT2D eigenvalue weighted by Gasteiger charge is 2.18. The first-order valence-electron chi connectivity index (χ1n) is 6.86. The minimum absolute atomic E-state index is 0.165. The summed E-state index contributed by atoms with van der Waals surface area (Å²) < 4.78 is 6.27. The molecule has 3 rings (SSSR count). The van der Waals surface area contributed by atoms with Crippen LogP contribution in [0.25, 0.3) is 0 Å². The van der Waals surface area contributed by atoms with Gasteiger partial charge in [-0.3, -0.25) is 4.99 Å². The Morgan fingerprint density at radius 1 is 1.29 bits per heavy atom. The van der Waals surface area contributed by atoms with Crippen molar-refractivity contribution < 1.29 is 9.84 Å². The first-order valence-corrected chi connectivity index (χ1v) is 7.65. The summed E-state index contributed by atoms with van der Waals surface area (Å²) in [5, 5.41) is 10.0. The number of rotatable bonds is 3. The number of hydrogen-bond acceptors (Lipinski definition) is 3. The molecule has 1 aliphatic heterocycles. The van der Waals surface area contributed by atoms with Crippen LogP contribution >= 0.6 is 15.9 Å². The number of aliphatic imine (C=N–C) groups is 1. The lowest BCUT2D eigenvalue weighted by Gasteiger charge is -2.19. The molecule has 0 radical (unpaired) electrons. The van der Waals surface area contributed by atoms with E-state index in [9.17, 15) is 5.11 Å². The average molecular weight is 346 g/mol. The third-order valence-electron chi connectivity index (χ3n) is 3.72. The largest absolute Gasteiger partial charge is 0.504 e. The minimum Gasteiger partial charge on any atom is -0.504 e. The van der Waals surface area contributed by atoms with Crippen LogP contribution in [0.1, 0.15) is 16.7 Å². The first-order chi connectivity index (χ1) is 10.2. The zero-order valence-electron chi connectivity index (χ0n) is 11.8. The van der Waals surface area contributed by atoms with Crippen LogP contribution in [-0.2, 0) is 12.8 Å². The monoisotopic (exact) mass is 345 g/mol. The smallest absolute Gasteiger partial charge is 0.160 e. The van der Waals surface area contributed by atoms with Gasteiger partial charge in [-0.1, -0.05) is 34.1 Å². The van der Waals surface area contributed by atoms with Gasteiger partial charge in [-0.15, -0.1) is 0 Å². The Kier molecular flexibility index (Phi) is 3.97. The minimum atomic E-state index is 0.165. The molecule has 108 valence electrons. The predicted molar refractivity (Wildman–Crippen MR) is 87.6 cm³/mol. The van der Waals surface area contributed by atoms with E-state index in [0.29, 0.717) is 5.75 Å². The van der Waals surface area contributed by atoms with Crippen LogP contribution in [-0.4, -0.2) is 24.5 Å². The van der Waals surface area contributed by atoms with Crippen molar-refractivity contribution in [3.8, 4) is 11.5 Å². The molecule has 0 unspecified atom stereocenters. The SMILES string of the molecule is COc1cc2c(cc1O)C(Cc1ccccc1Br)=NCC2. The molecule has 4 heteroatoms. The van der Waals surface area contributed by atoms with Crippen LogP contribution < -0.4 is 4.74 Å². The van der Waals surface area contributed by atoms with E-state index < -0.39 is 0 Å². The van der Waals surface area contributed by atoms with E-state index in [0.717, 1.165) is 35.1 Å². The Morgan fingerprint density at radius 2 is 2.10 bits per heavy atom. The third-order valence-corrected chi connectivity index (χ3v) is 4.49. The fourth-order valence-electron chi connectivity index (χ4n) is 2.62. The van der Waals surface area contributed by atoms with Crippen LogP contribution in [0.2, 0.25) is 0 Å². The van der Waals surface area contributed by atoms with Crippen molar-refractivity contribution in [1.29, 1.82) is 0 Å². The van der Waals surface area contributed by atoms with Crippen LogP contribution in [0.3, 0.4) is 0 Å².